The van der Waals surface area contributed by atoms with Crippen molar-refractivity contribution in [3.05, 3.63) is 82.3 Å². The van der Waals surface area contributed by atoms with Gasteiger partial charge < -0.3 is 4.90 Å². The first-order valence-electron chi connectivity index (χ1n) is 12.2. The van der Waals surface area contributed by atoms with Crippen molar-refractivity contribution in [3.63, 3.8) is 0 Å². The van der Waals surface area contributed by atoms with Gasteiger partial charge in [0.25, 0.3) is 5.56 Å². The molecule has 1 atom stereocenters. The van der Waals surface area contributed by atoms with Crippen molar-refractivity contribution in [2.75, 3.05) is 44.2 Å². The molecule has 0 spiro atoms. The molecule has 0 bridgehead atoms. The molecule has 2 aliphatic rings. The van der Waals surface area contributed by atoms with Crippen molar-refractivity contribution >= 4 is 5.69 Å². The average Bonchev–Trinajstić information content (AvgIpc) is 3.08. The number of para-hydroxylation sites is 2. The van der Waals surface area contributed by atoms with Crippen LogP contribution in [0.4, 0.5) is 5.69 Å². The largest absolute Gasteiger partial charge is 0.369 e. The molecule has 0 aliphatic carbocycles. The third kappa shape index (κ3) is 4.50. The minimum Gasteiger partial charge on any atom is -0.369 e. The van der Waals surface area contributed by atoms with Gasteiger partial charge in [-0.25, -0.2) is 4.68 Å². The smallest absolute Gasteiger partial charge is 0.276 e. The monoisotopic (exact) mass is 445 g/mol. The van der Waals surface area contributed by atoms with Gasteiger partial charge >= 0.3 is 0 Å². The minimum absolute atomic E-state index is 0.111. The van der Waals surface area contributed by atoms with Crippen LogP contribution in [0.2, 0.25) is 0 Å². The third-order valence-corrected chi connectivity index (χ3v) is 7.49. The second-order valence-corrected chi connectivity index (χ2v) is 9.43. The summed E-state index contributed by atoms with van der Waals surface area (Å²) in [7, 11) is 1.98. The highest BCUT2D eigenvalue weighted by Gasteiger charge is 2.29. The number of hydrogen-bond acceptors (Lipinski definition) is 4. The zero-order valence-corrected chi connectivity index (χ0v) is 19.9. The Morgan fingerprint density at radius 1 is 0.848 bits per heavy atom. The van der Waals surface area contributed by atoms with Crippen molar-refractivity contribution < 1.29 is 0 Å². The number of nitrogens with zero attached hydrogens (tertiary/aromatic N) is 5. The Morgan fingerprint density at radius 3 is 2.15 bits per heavy atom. The van der Waals surface area contributed by atoms with Crippen LogP contribution in [0.25, 0.3) is 5.69 Å². The number of benzene rings is 2. The Bertz CT molecular complexity index is 1110. The molecule has 0 amide bonds. The maximum Gasteiger partial charge on any atom is 0.276 e. The van der Waals surface area contributed by atoms with Crippen molar-refractivity contribution in [3.8, 4) is 5.69 Å². The Kier molecular flexibility index (Phi) is 6.38. The van der Waals surface area contributed by atoms with Gasteiger partial charge in [0.2, 0.25) is 0 Å². The fraction of sp³-hybridized carbons (Fsp3) is 0.444. The molecule has 2 saturated heterocycles. The standard InChI is InChI=1S/C27H35N5O/c1-22-26(27(33)32(28(22)2)24-12-7-4-8-13-24)21-29-15-9-14-25(20-29)31-18-16-30(17-19-31)23-10-5-3-6-11-23/h3-8,10-13,25H,9,14-21H2,1-2H3. The van der Waals surface area contributed by atoms with Gasteiger partial charge in [-0.15, -0.1) is 0 Å². The lowest BCUT2D eigenvalue weighted by Gasteiger charge is -2.44. The van der Waals surface area contributed by atoms with Crippen LogP contribution in [0.3, 0.4) is 0 Å². The number of anilines is 1. The lowest BCUT2D eigenvalue weighted by Crippen LogP contribution is -2.55. The van der Waals surface area contributed by atoms with Crippen LogP contribution in [0.5, 0.6) is 0 Å². The molecule has 3 aromatic rings. The van der Waals surface area contributed by atoms with E-state index in [4.69, 9.17) is 0 Å². The normalized spacial score (nSPS) is 20.3. The van der Waals surface area contributed by atoms with Gasteiger partial charge in [-0.3, -0.25) is 19.3 Å². The topological polar surface area (TPSA) is 36.6 Å². The molecule has 5 rings (SSSR count). The number of piperazine rings is 1. The third-order valence-electron chi connectivity index (χ3n) is 7.49. The van der Waals surface area contributed by atoms with Gasteiger partial charge in [-0.1, -0.05) is 36.4 Å². The molecular weight excluding hydrogens is 410 g/mol. The summed E-state index contributed by atoms with van der Waals surface area (Å²) in [5.74, 6) is 0. The summed E-state index contributed by atoms with van der Waals surface area (Å²) in [6, 6.07) is 21.3. The molecule has 1 aromatic heterocycles. The van der Waals surface area contributed by atoms with E-state index in [0.29, 0.717) is 6.04 Å². The number of rotatable bonds is 5. The predicted molar refractivity (Wildman–Crippen MR) is 134 cm³/mol. The van der Waals surface area contributed by atoms with E-state index in [1.54, 1.807) is 4.68 Å². The SMILES string of the molecule is Cc1c(CN2CCCC(N3CCN(c4ccccc4)CC3)C2)c(=O)n(-c2ccccc2)n1C. The summed E-state index contributed by atoms with van der Waals surface area (Å²) in [5.41, 5.74) is 4.35. The summed E-state index contributed by atoms with van der Waals surface area (Å²) >= 11 is 0. The fourth-order valence-electron chi connectivity index (χ4n) is 5.49. The number of likely N-dealkylation sites (tertiary alicyclic amines) is 1. The van der Waals surface area contributed by atoms with Crippen molar-refractivity contribution in [2.45, 2.75) is 32.4 Å². The number of piperidine rings is 1. The number of hydrogen-bond donors (Lipinski definition) is 0. The Morgan fingerprint density at radius 2 is 1.48 bits per heavy atom. The first-order valence-corrected chi connectivity index (χ1v) is 12.2. The molecule has 2 aromatic carbocycles. The lowest BCUT2D eigenvalue weighted by atomic mass is 10.0. The van der Waals surface area contributed by atoms with E-state index in [0.717, 1.165) is 62.8 Å². The highest BCUT2D eigenvalue weighted by Crippen LogP contribution is 2.22. The molecule has 1 unspecified atom stereocenters. The maximum atomic E-state index is 13.3. The zero-order valence-electron chi connectivity index (χ0n) is 19.9. The van der Waals surface area contributed by atoms with E-state index < -0.39 is 0 Å². The van der Waals surface area contributed by atoms with E-state index in [1.807, 2.05) is 42.1 Å². The number of aromatic nitrogens is 2. The molecule has 0 N–H and O–H groups in total. The lowest BCUT2D eigenvalue weighted by molar-refractivity contribution is 0.0885. The zero-order chi connectivity index (χ0) is 22.8. The second kappa shape index (κ2) is 9.57. The average molecular weight is 446 g/mol. The molecule has 174 valence electrons. The second-order valence-electron chi connectivity index (χ2n) is 9.43. The van der Waals surface area contributed by atoms with Gasteiger partial charge in [-0.2, -0.15) is 0 Å². The quantitative estimate of drug-likeness (QED) is 0.604. The first-order chi connectivity index (χ1) is 16.1. The van der Waals surface area contributed by atoms with E-state index in [9.17, 15) is 4.79 Å². The molecular formula is C27H35N5O. The molecule has 2 fully saturated rings. The molecule has 6 nitrogen and oxygen atoms in total. The maximum absolute atomic E-state index is 13.3. The van der Waals surface area contributed by atoms with Crippen LogP contribution in [-0.2, 0) is 13.6 Å². The van der Waals surface area contributed by atoms with E-state index >= 15 is 0 Å². The predicted octanol–water partition coefficient (Wildman–Crippen LogP) is 3.27. The van der Waals surface area contributed by atoms with E-state index in [1.165, 1.54) is 18.5 Å². The summed E-state index contributed by atoms with van der Waals surface area (Å²) in [4.78, 5) is 21.0. The minimum atomic E-state index is 0.111. The first kappa shape index (κ1) is 22.0. The van der Waals surface area contributed by atoms with Crippen molar-refractivity contribution in [1.82, 2.24) is 19.2 Å². The fourth-order valence-corrected chi connectivity index (χ4v) is 5.49. The van der Waals surface area contributed by atoms with Crippen LogP contribution >= 0.6 is 0 Å². The molecule has 33 heavy (non-hydrogen) atoms. The van der Waals surface area contributed by atoms with Gasteiger partial charge in [0.05, 0.1) is 11.3 Å². The molecule has 0 saturated carbocycles. The van der Waals surface area contributed by atoms with Crippen LogP contribution in [0.15, 0.2) is 65.5 Å². The highest BCUT2D eigenvalue weighted by molar-refractivity contribution is 5.46. The van der Waals surface area contributed by atoms with Gasteiger partial charge in [0.15, 0.2) is 0 Å². The molecule has 3 heterocycles. The van der Waals surface area contributed by atoms with Crippen LogP contribution in [0, 0.1) is 6.92 Å². The van der Waals surface area contributed by atoms with Gasteiger partial charge in [0, 0.05) is 63.7 Å². The summed E-state index contributed by atoms with van der Waals surface area (Å²) in [5, 5.41) is 0. The van der Waals surface area contributed by atoms with Crippen LogP contribution in [-0.4, -0.2) is 64.5 Å². The van der Waals surface area contributed by atoms with Crippen LogP contribution in [0.1, 0.15) is 24.1 Å². The van der Waals surface area contributed by atoms with Gasteiger partial charge in [0.1, 0.15) is 0 Å². The van der Waals surface area contributed by atoms with E-state index in [-0.39, 0.29) is 5.56 Å². The van der Waals surface area contributed by atoms with E-state index in [2.05, 4.69) is 52.0 Å². The molecule has 2 aliphatic heterocycles. The molecule has 6 heteroatoms. The van der Waals surface area contributed by atoms with Gasteiger partial charge in [-0.05, 0) is 50.6 Å². The Balaban J connectivity index is 1.25. The summed E-state index contributed by atoms with van der Waals surface area (Å²) in [6.07, 6.45) is 2.45. The summed E-state index contributed by atoms with van der Waals surface area (Å²) < 4.78 is 3.80. The molecule has 0 radical (unpaired) electrons. The highest BCUT2D eigenvalue weighted by atomic mass is 16.1. The Hall–Kier alpha value is -2.83. The summed E-state index contributed by atoms with van der Waals surface area (Å²) in [6.45, 7) is 9.31. The Labute approximate surface area is 196 Å². The van der Waals surface area contributed by atoms with Crippen LogP contribution < -0.4 is 10.5 Å². The van der Waals surface area contributed by atoms with Crippen molar-refractivity contribution in [1.29, 1.82) is 0 Å². The van der Waals surface area contributed by atoms with Crippen molar-refractivity contribution in [2.24, 2.45) is 7.05 Å².